The molecule has 4 aromatic carbocycles. The lowest BCUT2D eigenvalue weighted by Crippen LogP contribution is -2.43. The van der Waals surface area contributed by atoms with E-state index in [1.165, 1.54) is 0 Å². The number of ether oxygens (including phenoxy) is 3. The molecule has 7 heteroatoms. The Balaban J connectivity index is 1.39. The van der Waals surface area contributed by atoms with Gasteiger partial charge in [-0.3, -0.25) is 4.79 Å². The number of nitrogens with one attached hydrogen (secondary N) is 1. The van der Waals surface area contributed by atoms with Gasteiger partial charge in [0.25, 0.3) is 0 Å². The zero-order valence-electron chi connectivity index (χ0n) is 32.2. The molecule has 0 amide bonds. The molecule has 52 heavy (non-hydrogen) atoms. The van der Waals surface area contributed by atoms with Gasteiger partial charge in [-0.1, -0.05) is 55.5 Å². The third-order valence-corrected chi connectivity index (χ3v) is 11.2. The molecule has 0 aromatic heterocycles. The van der Waals surface area contributed by atoms with Crippen LogP contribution in [0, 0.1) is 47.5 Å². The molecule has 4 aromatic rings. The van der Waals surface area contributed by atoms with Gasteiger partial charge in [0.05, 0.1) is 11.1 Å². The van der Waals surface area contributed by atoms with Crippen molar-refractivity contribution in [2.75, 3.05) is 13.1 Å². The van der Waals surface area contributed by atoms with E-state index < -0.39 is 23.0 Å². The van der Waals surface area contributed by atoms with Gasteiger partial charge < -0.3 is 19.5 Å². The van der Waals surface area contributed by atoms with E-state index in [2.05, 4.69) is 12.2 Å². The summed E-state index contributed by atoms with van der Waals surface area (Å²) in [7, 11) is 0. The Labute approximate surface area is 309 Å². The first-order valence-corrected chi connectivity index (χ1v) is 18.3. The third kappa shape index (κ3) is 8.47. The van der Waals surface area contributed by atoms with Gasteiger partial charge in [-0.05, 0) is 157 Å². The topological polar surface area (TPSA) is 90.9 Å². The van der Waals surface area contributed by atoms with Gasteiger partial charge >= 0.3 is 17.9 Å². The van der Waals surface area contributed by atoms with Crippen molar-refractivity contribution in [3.05, 3.63) is 128 Å². The Kier molecular flexibility index (Phi) is 11.7. The second-order valence-electron chi connectivity index (χ2n) is 15.2. The Morgan fingerprint density at radius 2 is 1.02 bits per heavy atom. The first-order chi connectivity index (χ1) is 24.6. The average molecular weight is 704 g/mol. The molecule has 1 heterocycles. The van der Waals surface area contributed by atoms with E-state index in [9.17, 15) is 14.4 Å². The fourth-order valence-corrected chi connectivity index (χ4v) is 7.38. The minimum Gasteiger partial charge on any atom is -0.459 e. The van der Waals surface area contributed by atoms with Crippen LogP contribution in [0.25, 0.3) is 0 Å². The number of benzene rings is 4. The van der Waals surface area contributed by atoms with E-state index in [-0.39, 0.29) is 12.4 Å². The third-order valence-electron chi connectivity index (χ3n) is 11.2. The summed E-state index contributed by atoms with van der Waals surface area (Å²) in [5, 5.41) is 3.38. The summed E-state index contributed by atoms with van der Waals surface area (Å²) >= 11 is 0. The maximum Gasteiger partial charge on any atom is 0.344 e. The van der Waals surface area contributed by atoms with E-state index in [0.717, 1.165) is 70.4 Å². The lowest BCUT2D eigenvalue weighted by atomic mass is 9.73. The van der Waals surface area contributed by atoms with Crippen molar-refractivity contribution in [1.29, 1.82) is 0 Å². The molecule has 0 atom stereocenters. The van der Waals surface area contributed by atoms with Crippen LogP contribution in [0.1, 0.15) is 112 Å². The molecular weight excluding hydrogens is 650 g/mol. The van der Waals surface area contributed by atoms with E-state index in [1.807, 2.05) is 104 Å². The van der Waals surface area contributed by atoms with Crippen LogP contribution >= 0.6 is 0 Å². The van der Waals surface area contributed by atoms with Crippen LogP contribution < -0.4 is 14.8 Å². The Bertz CT molecular complexity index is 1820. The van der Waals surface area contributed by atoms with Gasteiger partial charge in [-0.25, -0.2) is 9.59 Å². The number of hydrogen-bond acceptors (Lipinski definition) is 7. The summed E-state index contributed by atoms with van der Waals surface area (Å²) in [6.07, 6.45) is 2.61. The number of carbonyl (C=O) groups excluding carboxylic acids is 3. The maximum atomic E-state index is 13.4. The number of hydrogen-bond donors (Lipinski definition) is 1. The largest absolute Gasteiger partial charge is 0.459 e. The molecule has 0 unspecified atom stereocenters. The lowest BCUT2D eigenvalue weighted by Gasteiger charge is -2.37. The van der Waals surface area contributed by atoms with Crippen LogP contribution in [-0.2, 0) is 14.9 Å². The minimum absolute atomic E-state index is 0.205. The van der Waals surface area contributed by atoms with Crippen molar-refractivity contribution in [2.24, 2.45) is 5.92 Å². The number of piperidine rings is 1. The second-order valence-corrected chi connectivity index (χ2v) is 15.2. The van der Waals surface area contributed by atoms with Crippen molar-refractivity contribution in [3.8, 4) is 11.5 Å². The highest BCUT2D eigenvalue weighted by Crippen LogP contribution is 2.39. The summed E-state index contributed by atoms with van der Waals surface area (Å²) in [6, 6.07) is 22.8. The molecule has 1 aliphatic heterocycles. The van der Waals surface area contributed by atoms with Crippen LogP contribution in [0.15, 0.2) is 72.8 Å². The Morgan fingerprint density at radius 3 is 1.44 bits per heavy atom. The Morgan fingerprint density at radius 1 is 0.615 bits per heavy atom. The first kappa shape index (κ1) is 38.5. The van der Waals surface area contributed by atoms with Crippen molar-refractivity contribution >= 4 is 17.9 Å². The van der Waals surface area contributed by atoms with Crippen LogP contribution in [0.5, 0.6) is 11.5 Å². The van der Waals surface area contributed by atoms with Crippen LogP contribution in [0.2, 0.25) is 0 Å². The highest BCUT2D eigenvalue weighted by atomic mass is 16.6. The first-order valence-electron chi connectivity index (χ1n) is 18.3. The van der Waals surface area contributed by atoms with Crippen molar-refractivity contribution in [1.82, 2.24) is 5.32 Å². The highest BCUT2D eigenvalue weighted by molar-refractivity contribution is 5.95. The highest BCUT2D eigenvalue weighted by Gasteiger charge is 2.36. The smallest absolute Gasteiger partial charge is 0.344 e. The Hall–Kier alpha value is -4.75. The van der Waals surface area contributed by atoms with Gasteiger partial charge in [0.1, 0.15) is 17.1 Å². The number of rotatable bonds is 11. The van der Waals surface area contributed by atoms with Gasteiger partial charge in [0.2, 0.25) is 0 Å². The quantitative estimate of drug-likeness (QED) is 0.123. The van der Waals surface area contributed by atoms with Gasteiger partial charge in [-0.15, -0.1) is 0 Å². The SMILES string of the molecule is Cc1ccc(C)c(C(=O)Oc2ccc(C(C)(CCC(=O)OC(C)(C)C3CCNCC3)c3ccc(OC(=O)c4c(C)ccc(C)c4C)cc3)cc2)c1C. The molecule has 1 aliphatic rings. The summed E-state index contributed by atoms with van der Waals surface area (Å²) in [5.41, 5.74) is 7.45. The zero-order chi connectivity index (χ0) is 37.8. The van der Waals surface area contributed by atoms with Gasteiger partial charge in [0.15, 0.2) is 0 Å². The molecule has 1 fully saturated rings. The molecule has 1 N–H and O–H groups in total. The van der Waals surface area contributed by atoms with Gasteiger partial charge in [0, 0.05) is 17.8 Å². The zero-order valence-corrected chi connectivity index (χ0v) is 32.2. The monoisotopic (exact) mass is 703 g/mol. The van der Waals surface area contributed by atoms with Crippen molar-refractivity contribution in [3.63, 3.8) is 0 Å². The minimum atomic E-state index is -0.629. The van der Waals surface area contributed by atoms with Crippen LogP contribution in [-0.4, -0.2) is 36.6 Å². The fraction of sp³-hybridized carbons (Fsp3) is 0.400. The second kappa shape index (κ2) is 15.9. The lowest BCUT2D eigenvalue weighted by molar-refractivity contribution is -0.163. The van der Waals surface area contributed by atoms with Crippen LogP contribution in [0.4, 0.5) is 0 Å². The van der Waals surface area contributed by atoms with E-state index >= 15 is 0 Å². The predicted molar refractivity (Wildman–Crippen MR) is 206 cm³/mol. The molecule has 1 saturated heterocycles. The van der Waals surface area contributed by atoms with E-state index in [4.69, 9.17) is 14.2 Å². The normalized spacial score (nSPS) is 13.8. The van der Waals surface area contributed by atoms with E-state index in [1.54, 1.807) is 24.3 Å². The molecule has 274 valence electrons. The summed E-state index contributed by atoms with van der Waals surface area (Å²) in [5.74, 6) is 0.143. The van der Waals surface area contributed by atoms with Crippen molar-refractivity contribution < 1.29 is 28.6 Å². The maximum absolute atomic E-state index is 13.4. The summed E-state index contributed by atoms with van der Waals surface area (Å²) in [4.78, 5) is 39.9. The number of esters is 3. The van der Waals surface area contributed by atoms with E-state index in [0.29, 0.717) is 35.0 Å². The molecule has 5 rings (SSSR count). The molecule has 0 aliphatic carbocycles. The predicted octanol–water partition coefficient (Wildman–Crippen LogP) is 9.38. The molecule has 0 spiro atoms. The molecule has 0 bridgehead atoms. The fourth-order valence-electron chi connectivity index (χ4n) is 7.38. The molecule has 0 saturated carbocycles. The van der Waals surface area contributed by atoms with Crippen LogP contribution in [0.3, 0.4) is 0 Å². The molecule has 0 radical (unpaired) electrons. The average Bonchev–Trinajstić information content (AvgIpc) is 3.11. The molecule has 7 nitrogen and oxygen atoms in total. The summed E-state index contributed by atoms with van der Waals surface area (Å²) < 4.78 is 17.8. The van der Waals surface area contributed by atoms with Crippen molar-refractivity contribution in [2.45, 2.75) is 99.0 Å². The molecular formula is C45H53NO6. The van der Waals surface area contributed by atoms with Gasteiger partial charge in [-0.2, -0.15) is 0 Å². The summed E-state index contributed by atoms with van der Waals surface area (Å²) in [6.45, 7) is 19.6. The number of aryl methyl sites for hydroxylation is 4. The number of carbonyl (C=O) groups is 3. The standard InChI is InChI=1S/C45H53NO6/c1-28-10-12-30(3)40(32(28)5)42(48)50-37-18-14-35(15-19-37)45(9,25-22-39(47)52-44(7,8)34-23-26-46-27-24-34)36-16-20-38(21-17-36)51-43(49)41-31(4)13-11-29(2)33(41)6/h10-21,34,46H,22-27H2,1-9H3.